The molecule has 0 aromatic heterocycles. The smallest absolute Gasteiger partial charge is 0.156 e. The highest BCUT2D eigenvalue weighted by Gasteiger charge is 2.66. The second kappa shape index (κ2) is 2.10. The molecule has 4 heteroatoms. The largest absolute Gasteiger partial charge is 0.297 e. The van der Waals surface area contributed by atoms with Crippen molar-refractivity contribution in [3.63, 3.8) is 0 Å². The zero-order valence-corrected chi connectivity index (χ0v) is 7.09. The van der Waals surface area contributed by atoms with Crippen LogP contribution in [0.5, 0.6) is 0 Å². The monoisotopic (exact) mass is 180 g/mol. The summed E-state index contributed by atoms with van der Waals surface area (Å²) in [7, 11) is 0. The molecular weight excluding hydrogens is 173 g/mol. The molecule has 0 amide bonds. The van der Waals surface area contributed by atoms with Crippen molar-refractivity contribution in [2.45, 2.75) is 17.7 Å². The van der Waals surface area contributed by atoms with E-state index < -0.39 is 9.75 Å². The van der Waals surface area contributed by atoms with Gasteiger partial charge in [0.1, 0.15) is 4.33 Å². The fourth-order valence-electron chi connectivity index (χ4n) is 0.897. The molecule has 0 bridgehead atoms. The lowest BCUT2D eigenvalue weighted by molar-refractivity contribution is -0.122. The first kappa shape index (κ1) is 8.31. The Kier molecular flexibility index (Phi) is 1.74. The number of alkyl halides is 2. The molecule has 0 heterocycles. The second-order valence-electron chi connectivity index (χ2n) is 2.81. The highest BCUT2D eigenvalue weighted by Crippen LogP contribution is 2.64. The minimum atomic E-state index is -0.898. The zero-order valence-electron chi connectivity index (χ0n) is 5.58. The average molecular weight is 181 g/mol. The minimum Gasteiger partial charge on any atom is -0.297 e. The highest BCUT2D eigenvalue weighted by molar-refractivity contribution is 6.53. The molecule has 0 aromatic carbocycles. The number of ketones is 1. The summed E-state index contributed by atoms with van der Waals surface area (Å²) in [5.74, 6) is -0.169. The Balaban J connectivity index is 2.68. The Morgan fingerprint density at radius 2 is 2.10 bits per heavy atom. The lowest BCUT2D eigenvalue weighted by Gasteiger charge is -2.06. The van der Waals surface area contributed by atoms with Gasteiger partial charge in [-0.15, -0.1) is 23.2 Å². The number of carbonyl (C=O) groups is 1. The SMILES string of the molecule is CC1(C(=O)C[NH])CC1(Cl)Cl. The van der Waals surface area contributed by atoms with Gasteiger partial charge in [0.2, 0.25) is 0 Å². The highest BCUT2D eigenvalue weighted by atomic mass is 35.5. The molecule has 1 unspecified atom stereocenters. The van der Waals surface area contributed by atoms with Crippen LogP contribution in [0.25, 0.3) is 0 Å². The van der Waals surface area contributed by atoms with Gasteiger partial charge in [-0.2, -0.15) is 0 Å². The first-order chi connectivity index (χ1) is 4.44. The third kappa shape index (κ3) is 0.949. The maximum Gasteiger partial charge on any atom is 0.156 e. The van der Waals surface area contributed by atoms with Crippen LogP contribution in [0.2, 0.25) is 0 Å². The van der Waals surface area contributed by atoms with Crippen molar-refractivity contribution >= 4 is 29.0 Å². The lowest BCUT2D eigenvalue weighted by atomic mass is 10.0. The van der Waals surface area contributed by atoms with Crippen LogP contribution in [0.4, 0.5) is 0 Å². The molecule has 0 spiro atoms. The van der Waals surface area contributed by atoms with Crippen molar-refractivity contribution in [3.05, 3.63) is 0 Å². The maximum absolute atomic E-state index is 11.0. The van der Waals surface area contributed by atoms with Gasteiger partial charge in [-0.3, -0.25) is 4.79 Å². The summed E-state index contributed by atoms with van der Waals surface area (Å²) in [6, 6.07) is 0. The van der Waals surface area contributed by atoms with Crippen LogP contribution in [-0.2, 0) is 4.79 Å². The molecule has 1 atom stereocenters. The van der Waals surface area contributed by atoms with Gasteiger partial charge in [-0.25, -0.2) is 5.73 Å². The van der Waals surface area contributed by atoms with Crippen LogP contribution >= 0.6 is 23.2 Å². The van der Waals surface area contributed by atoms with Crippen molar-refractivity contribution < 1.29 is 4.79 Å². The van der Waals surface area contributed by atoms with Crippen LogP contribution < -0.4 is 5.73 Å². The Morgan fingerprint density at radius 3 is 2.20 bits per heavy atom. The number of rotatable bonds is 2. The fraction of sp³-hybridized carbons (Fsp3) is 0.833. The normalized spacial score (nSPS) is 35.6. The van der Waals surface area contributed by atoms with Crippen molar-refractivity contribution in [2.75, 3.05) is 6.54 Å². The first-order valence-corrected chi connectivity index (χ1v) is 3.75. The van der Waals surface area contributed by atoms with E-state index in [1.54, 1.807) is 6.92 Å². The van der Waals surface area contributed by atoms with E-state index in [2.05, 4.69) is 0 Å². The van der Waals surface area contributed by atoms with Crippen LogP contribution in [-0.4, -0.2) is 16.7 Å². The Morgan fingerprint density at radius 1 is 1.70 bits per heavy atom. The van der Waals surface area contributed by atoms with E-state index in [1.807, 2.05) is 0 Å². The topological polar surface area (TPSA) is 40.9 Å². The van der Waals surface area contributed by atoms with Crippen LogP contribution in [0, 0.1) is 5.41 Å². The number of carbonyl (C=O) groups excluding carboxylic acids is 1. The molecule has 0 aliphatic heterocycles. The van der Waals surface area contributed by atoms with E-state index in [-0.39, 0.29) is 12.3 Å². The predicted molar refractivity (Wildman–Crippen MR) is 40.1 cm³/mol. The number of Topliss-reactive ketones (excluding diaryl/α,β-unsaturated/α-hetero) is 1. The summed E-state index contributed by atoms with van der Waals surface area (Å²) in [5.41, 5.74) is 6.17. The molecule has 10 heavy (non-hydrogen) atoms. The standard InChI is InChI=1S/C6H8Cl2NO/c1-5(4(10)2-9)3-6(5,7)8/h9H,2-3H2,1H3. The van der Waals surface area contributed by atoms with Gasteiger partial charge in [-0.05, 0) is 13.3 Å². The van der Waals surface area contributed by atoms with Crippen molar-refractivity contribution in [1.82, 2.24) is 5.73 Å². The number of halogens is 2. The maximum atomic E-state index is 11.0. The van der Waals surface area contributed by atoms with E-state index in [0.717, 1.165) is 0 Å². The second-order valence-corrected chi connectivity index (χ2v) is 4.30. The first-order valence-electron chi connectivity index (χ1n) is 3.00. The lowest BCUT2D eigenvalue weighted by Crippen LogP contribution is -2.22. The van der Waals surface area contributed by atoms with Gasteiger partial charge in [-0.1, -0.05) is 0 Å². The Bertz CT molecular complexity index is 181. The van der Waals surface area contributed by atoms with Gasteiger partial charge >= 0.3 is 0 Å². The molecule has 1 N–H and O–H groups in total. The van der Waals surface area contributed by atoms with Crippen LogP contribution in [0.15, 0.2) is 0 Å². The molecular formula is C6H8Cl2NO. The molecule has 1 saturated carbocycles. The molecule has 57 valence electrons. The molecule has 1 fully saturated rings. The molecule has 1 aliphatic rings. The van der Waals surface area contributed by atoms with Crippen molar-refractivity contribution in [2.24, 2.45) is 5.41 Å². The van der Waals surface area contributed by atoms with Crippen LogP contribution in [0.1, 0.15) is 13.3 Å². The summed E-state index contributed by atoms with van der Waals surface area (Å²) < 4.78 is -0.898. The average Bonchev–Trinajstić information content (AvgIpc) is 2.32. The number of hydrogen-bond donors (Lipinski definition) is 0. The van der Waals surface area contributed by atoms with E-state index >= 15 is 0 Å². The number of hydrogen-bond acceptors (Lipinski definition) is 1. The Labute approximate surface area is 69.7 Å². The summed E-state index contributed by atoms with van der Waals surface area (Å²) in [5, 5.41) is 0. The van der Waals surface area contributed by atoms with Crippen molar-refractivity contribution in [3.8, 4) is 0 Å². The fourth-order valence-corrected chi connectivity index (χ4v) is 1.64. The summed E-state index contributed by atoms with van der Waals surface area (Å²) in [6.45, 7) is 1.47. The summed E-state index contributed by atoms with van der Waals surface area (Å²) >= 11 is 11.4. The molecule has 1 rings (SSSR count). The Hall–Kier alpha value is 0.210. The van der Waals surface area contributed by atoms with E-state index in [4.69, 9.17) is 28.9 Å². The molecule has 1 aliphatic carbocycles. The van der Waals surface area contributed by atoms with E-state index in [9.17, 15) is 4.79 Å². The number of nitrogens with one attached hydrogen (secondary N) is 1. The summed E-state index contributed by atoms with van der Waals surface area (Å²) in [4.78, 5) is 11.0. The molecule has 2 nitrogen and oxygen atoms in total. The molecule has 0 aromatic rings. The van der Waals surface area contributed by atoms with Gasteiger partial charge in [0.05, 0.1) is 12.0 Å². The summed E-state index contributed by atoms with van der Waals surface area (Å²) in [6.07, 6.45) is 0.487. The third-order valence-corrected chi connectivity index (χ3v) is 3.14. The zero-order chi connectivity index (χ0) is 7.99. The molecule has 0 saturated heterocycles. The quantitative estimate of drug-likeness (QED) is 0.594. The predicted octanol–water partition coefficient (Wildman–Crippen LogP) is 1.42. The van der Waals surface area contributed by atoms with E-state index in [1.165, 1.54) is 0 Å². The minimum absolute atomic E-state index is 0.169. The van der Waals surface area contributed by atoms with Gasteiger partial charge < -0.3 is 0 Å². The molecule has 1 radical (unpaired) electrons. The van der Waals surface area contributed by atoms with Gasteiger partial charge in [0.15, 0.2) is 5.78 Å². The van der Waals surface area contributed by atoms with Crippen molar-refractivity contribution in [1.29, 1.82) is 0 Å². The van der Waals surface area contributed by atoms with E-state index in [0.29, 0.717) is 6.42 Å². The van der Waals surface area contributed by atoms with Gasteiger partial charge in [0.25, 0.3) is 0 Å². The van der Waals surface area contributed by atoms with Crippen LogP contribution in [0.3, 0.4) is 0 Å². The third-order valence-electron chi connectivity index (χ3n) is 2.03. The van der Waals surface area contributed by atoms with Gasteiger partial charge in [0, 0.05) is 0 Å².